The van der Waals surface area contributed by atoms with Crippen LogP contribution in [-0.4, -0.2) is 24.5 Å². The van der Waals surface area contributed by atoms with Gasteiger partial charge in [0.15, 0.2) is 11.6 Å². The number of anilines is 1. The molecular formula is C22H23F2NO5. The van der Waals surface area contributed by atoms with E-state index >= 15 is 0 Å². The molecule has 2 aromatic carbocycles. The minimum absolute atomic E-state index is 0.0440. The Balaban J connectivity index is 2.63. The zero-order valence-electron chi connectivity index (χ0n) is 17.2. The van der Waals surface area contributed by atoms with Crippen LogP contribution in [0.1, 0.15) is 33.3 Å². The van der Waals surface area contributed by atoms with Gasteiger partial charge in [0, 0.05) is 0 Å². The van der Waals surface area contributed by atoms with Gasteiger partial charge in [-0.15, -0.1) is 0 Å². The van der Waals surface area contributed by atoms with Gasteiger partial charge in [-0.2, -0.15) is 4.39 Å². The Kier molecular flexibility index (Phi) is 7.15. The predicted octanol–water partition coefficient (Wildman–Crippen LogP) is 5.91. The minimum atomic E-state index is -1.46. The standard InChI is InChI=1S/C22H23F2NO5/c1-6-28-21(27)29-19-17(13-12-16(23)18(19)24)25(20(26)30-22(3,4)5)14(2)15-10-8-7-9-11-15/h7-13H,2,6H2,1,3-5H3. The first kappa shape index (κ1) is 22.9. The Morgan fingerprint density at radius 3 is 2.27 bits per heavy atom. The van der Waals surface area contributed by atoms with Crippen molar-refractivity contribution in [1.29, 1.82) is 0 Å². The van der Waals surface area contributed by atoms with Gasteiger partial charge in [0.1, 0.15) is 5.60 Å². The van der Waals surface area contributed by atoms with Gasteiger partial charge in [-0.1, -0.05) is 36.9 Å². The van der Waals surface area contributed by atoms with E-state index in [0.717, 1.165) is 17.0 Å². The highest BCUT2D eigenvalue weighted by Gasteiger charge is 2.31. The van der Waals surface area contributed by atoms with Gasteiger partial charge < -0.3 is 14.2 Å². The number of amides is 1. The van der Waals surface area contributed by atoms with Crippen LogP contribution in [0, 0.1) is 11.6 Å². The summed E-state index contributed by atoms with van der Waals surface area (Å²) in [5.74, 6) is -3.56. The van der Waals surface area contributed by atoms with Gasteiger partial charge in [-0.05, 0) is 45.4 Å². The molecule has 30 heavy (non-hydrogen) atoms. The summed E-state index contributed by atoms with van der Waals surface area (Å²) in [6.07, 6.45) is -2.17. The van der Waals surface area contributed by atoms with E-state index in [1.54, 1.807) is 51.1 Å². The monoisotopic (exact) mass is 419 g/mol. The average Bonchev–Trinajstić information content (AvgIpc) is 2.66. The molecule has 0 N–H and O–H groups in total. The van der Waals surface area contributed by atoms with Crippen LogP contribution in [-0.2, 0) is 9.47 Å². The van der Waals surface area contributed by atoms with E-state index in [4.69, 9.17) is 9.47 Å². The predicted molar refractivity (Wildman–Crippen MR) is 108 cm³/mol. The van der Waals surface area contributed by atoms with Crippen LogP contribution in [0.4, 0.5) is 24.1 Å². The van der Waals surface area contributed by atoms with Crippen LogP contribution in [0.3, 0.4) is 0 Å². The first-order valence-electron chi connectivity index (χ1n) is 9.15. The van der Waals surface area contributed by atoms with Crippen molar-refractivity contribution >= 4 is 23.6 Å². The van der Waals surface area contributed by atoms with E-state index < -0.39 is 35.2 Å². The lowest BCUT2D eigenvalue weighted by Gasteiger charge is -2.29. The number of ether oxygens (including phenoxy) is 3. The van der Waals surface area contributed by atoms with E-state index in [0.29, 0.717) is 5.56 Å². The SMILES string of the molecule is C=C(c1ccccc1)N(C(=O)OC(C)(C)C)c1ccc(F)c(F)c1OC(=O)OCC. The molecule has 0 atom stereocenters. The summed E-state index contributed by atoms with van der Waals surface area (Å²) in [7, 11) is 0. The van der Waals surface area contributed by atoms with Crippen LogP contribution in [0.5, 0.6) is 5.75 Å². The van der Waals surface area contributed by atoms with Gasteiger partial charge in [0.2, 0.25) is 5.82 Å². The zero-order valence-corrected chi connectivity index (χ0v) is 17.2. The van der Waals surface area contributed by atoms with E-state index in [1.165, 1.54) is 6.92 Å². The molecule has 0 aliphatic carbocycles. The Morgan fingerprint density at radius 2 is 1.70 bits per heavy atom. The maximum atomic E-state index is 14.6. The lowest BCUT2D eigenvalue weighted by Crippen LogP contribution is -2.36. The average molecular weight is 419 g/mol. The zero-order chi connectivity index (χ0) is 22.5. The van der Waals surface area contributed by atoms with Gasteiger partial charge in [-0.3, -0.25) is 0 Å². The molecule has 160 valence electrons. The van der Waals surface area contributed by atoms with Crippen LogP contribution in [0.25, 0.3) is 5.70 Å². The normalized spacial score (nSPS) is 10.9. The van der Waals surface area contributed by atoms with Gasteiger partial charge in [0.05, 0.1) is 18.0 Å². The maximum Gasteiger partial charge on any atom is 0.514 e. The van der Waals surface area contributed by atoms with E-state index in [1.807, 2.05) is 0 Å². The molecule has 0 saturated carbocycles. The summed E-state index contributed by atoms with van der Waals surface area (Å²) in [6, 6.07) is 10.4. The fourth-order valence-electron chi connectivity index (χ4n) is 2.45. The van der Waals surface area contributed by atoms with Crippen molar-refractivity contribution in [2.24, 2.45) is 0 Å². The molecule has 8 heteroatoms. The lowest BCUT2D eigenvalue weighted by molar-refractivity contribution is 0.0597. The van der Waals surface area contributed by atoms with E-state index in [-0.39, 0.29) is 18.0 Å². The highest BCUT2D eigenvalue weighted by atomic mass is 19.2. The molecule has 0 radical (unpaired) electrons. The molecule has 0 aliphatic heterocycles. The Labute approximate surface area is 173 Å². The molecule has 0 aliphatic rings. The third-order valence-corrected chi connectivity index (χ3v) is 3.67. The third kappa shape index (κ3) is 5.56. The van der Waals surface area contributed by atoms with Crippen LogP contribution in [0.2, 0.25) is 0 Å². The number of nitrogens with zero attached hydrogens (tertiary/aromatic N) is 1. The molecule has 0 fully saturated rings. The van der Waals surface area contributed by atoms with Gasteiger partial charge >= 0.3 is 12.2 Å². The highest BCUT2D eigenvalue weighted by molar-refractivity contribution is 6.03. The molecule has 2 rings (SSSR count). The smallest absolute Gasteiger partial charge is 0.443 e. The summed E-state index contributed by atoms with van der Waals surface area (Å²) in [5, 5.41) is 0. The van der Waals surface area contributed by atoms with Crippen molar-refractivity contribution in [3.63, 3.8) is 0 Å². The molecule has 0 spiro atoms. The molecule has 0 unspecified atom stereocenters. The number of halogens is 2. The topological polar surface area (TPSA) is 65.1 Å². The second-order valence-corrected chi connectivity index (χ2v) is 7.12. The molecule has 0 heterocycles. The number of hydrogen-bond donors (Lipinski definition) is 0. The molecule has 1 amide bonds. The maximum absolute atomic E-state index is 14.6. The molecule has 0 aromatic heterocycles. The Bertz CT molecular complexity index is 939. The quantitative estimate of drug-likeness (QED) is 0.445. The molecule has 0 bridgehead atoms. The summed E-state index contributed by atoms with van der Waals surface area (Å²) in [6.45, 7) is 10.3. The molecule has 0 saturated heterocycles. The lowest BCUT2D eigenvalue weighted by atomic mass is 10.1. The number of rotatable bonds is 5. The van der Waals surface area contributed by atoms with E-state index in [2.05, 4.69) is 11.3 Å². The fourth-order valence-corrected chi connectivity index (χ4v) is 2.45. The first-order chi connectivity index (χ1) is 14.0. The largest absolute Gasteiger partial charge is 0.514 e. The second kappa shape index (κ2) is 9.39. The van der Waals surface area contributed by atoms with Crippen molar-refractivity contribution in [2.45, 2.75) is 33.3 Å². The summed E-state index contributed by atoms with van der Waals surface area (Å²) in [4.78, 5) is 25.7. The minimum Gasteiger partial charge on any atom is -0.443 e. The fraction of sp³-hybridized carbons (Fsp3) is 0.273. The van der Waals surface area contributed by atoms with Crippen LogP contribution < -0.4 is 9.64 Å². The molecule has 6 nitrogen and oxygen atoms in total. The number of carbonyl (C=O) groups is 2. The second-order valence-electron chi connectivity index (χ2n) is 7.12. The van der Waals surface area contributed by atoms with Gasteiger partial charge in [0.25, 0.3) is 0 Å². The summed E-state index contributed by atoms with van der Waals surface area (Å²) in [5.41, 5.74) is -0.558. The molecular weight excluding hydrogens is 396 g/mol. The number of hydrogen-bond acceptors (Lipinski definition) is 5. The van der Waals surface area contributed by atoms with E-state index in [9.17, 15) is 18.4 Å². The first-order valence-corrected chi connectivity index (χ1v) is 9.15. The van der Waals surface area contributed by atoms with Crippen molar-refractivity contribution in [3.05, 3.63) is 66.2 Å². The summed E-state index contributed by atoms with van der Waals surface area (Å²) >= 11 is 0. The van der Waals surface area contributed by atoms with Gasteiger partial charge in [-0.25, -0.2) is 18.9 Å². The van der Waals surface area contributed by atoms with Crippen LogP contribution in [0.15, 0.2) is 49.0 Å². The van der Waals surface area contributed by atoms with Crippen molar-refractivity contribution in [2.75, 3.05) is 11.5 Å². The number of carbonyl (C=O) groups excluding carboxylic acids is 2. The summed E-state index contributed by atoms with van der Waals surface area (Å²) < 4.78 is 43.4. The number of benzene rings is 2. The van der Waals surface area contributed by atoms with Crippen molar-refractivity contribution in [1.82, 2.24) is 0 Å². The molecule has 2 aromatic rings. The third-order valence-electron chi connectivity index (χ3n) is 3.67. The highest BCUT2D eigenvalue weighted by Crippen LogP contribution is 2.38. The van der Waals surface area contributed by atoms with Crippen molar-refractivity contribution in [3.8, 4) is 5.75 Å². The Hall–Kier alpha value is -3.42. The Morgan fingerprint density at radius 1 is 1.07 bits per heavy atom. The van der Waals surface area contributed by atoms with Crippen molar-refractivity contribution < 1.29 is 32.6 Å². The van der Waals surface area contributed by atoms with Crippen LogP contribution >= 0.6 is 0 Å².